The van der Waals surface area contributed by atoms with Gasteiger partial charge in [0, 0.05) is 19.3 Å². The molecule has 2 aromatic rings. The van der Waals surface area contributed by atoms with Crippen LogP contribution in [0.1, 0.15) is 34.7 Å². The summed E-state index contributed by atoms with van der Waals surface area (Å²) in [4.78, 5) is 16.0. The van der Waals surface area contributed by atoms with Gasteiger partial charge in [-0.25, -0.2) is 18.2 Å². The van der Waals surface area contributed by atoms with Crippen LogP contribution >= 0.6 is 11.8 Å². The topological polar surface area (TPSA) is 89.7 Å². The Morgan fingerprint density at radius 2 is 2.08 bits per heavy atom. The highest BCUT2D eigenvalue weighted by Gasteiger charge is 2.27. The lowest BCUT2D eigenvalue weighted by Crippen LogP contribution is -2.27. The number of hydrogen-bond donors (Lipinski definition) is 0. The number of aromatic nitrogens is 1. The maximum Gasteiger partial charge on any atom is 0.341 e. The van der Waals surface area contributed by atoms with E-state index in [9.17, 15) is 13.2 Å². The van der Waals surface area contributed by atoms with Crippen LogP contribution in [0.2, 0.25) is 0 Å². The van der Waals surface area contributed by atoms with Crippen molar-refractivity contribution < 1.29 is 22.4 Å². The van der Waals surface area contributed by atoms with Crippen molar-refractivity contribution in [3.63, 3.8) is 0 Å². The minimum atomic E-state index is -3.45. The Bertz CT molecular complexity index is 884. The minimum absolute atomic E-state index is 0.213. The first kappa shape index (κ1) is 18.9. The van der Waals surface area contributed by atoms with Gasteiger partial charge in [-0.3, -0.25) is 0 Å². The van der Waals surface area contributed by atoms with Gasteiger partial charge in [-0.05, 0) is 38.0 Å². The third kappa shape index (κ3) is 3.94. The predicted molar refractivity (Wildman–Crippen MR) is 96.6 cm³/mol. The molecule has 1 aliphatic heterocycles. The smallest absolute Gasteiger partial charge is 0.341 e. The van der Waals surface area contributed by atoms with E-state index >= 15 is 0 Å². The molecule has 0 bridgehead atoms. The van der Waals surface area contributed by atoms with Gasteiger partial charge >= 0.3 is 5.97 Å². The number of pyridine rings is 1. The second kappa shape index (κ2) is 7.81. The number of thioether (sulfide) groups is 1. The van der Waals surface area contributed by atoms with Crippen molar-refractivity contribution >= 4 is 27.8 Å². The first-order chi connectivity index (χ1) is 12.4. The zero-order valence-corrected chi connectivity index (χ0v) is 16.2. The summed E-state index contributed by atoms with van der Waals surface area (Å²) in [6.45, 7) is 2.84. The lowest BCUT2D eigenvalue weighted by atomic mass is 10.2. The summed E-state index contributed by atoms with van der Waals surface area (Å²) in [7, 11) is -2.12. The Morgan fingerprint density at radius 3 is 2.69 bits per heavy atom. The van der Waals surface area contributed by atoms with Gasteiger partial charge in [0.15, 0.2) is 0 Å². The number of ether oxygens (including phenoxy) is 1. The third-order valence-corrected chi connectivity index (χ3v) is 7.00. The largest absolute Gasteiger partial charge is 0.465 e. The summed E-state index contributed by atoms with van der Waals surface area (Å²) < 4.78 is 36.7. The van der Waals surface area contributed by atoms with Crippen LogP contribution in [0.3, 0.4) is 0 Å². The van der Waals surface area contributed by atoms with Gasteiger partial charge in [0.05, 0.1) is 17.9 Å². The van der Waals surface area contributed by atoms with Gasteiger partial charge in [-0.1, -0.05) is 11.8 Å². The van der Waals surface area contributed by atoms with E-state index in [2.05, 4.69) is 4.98 Å². The quantitative estimate of drug-likeness (QED) is 0.548. The average Bonchev–Trinajstić information content (AvgIpc) is 3.30. The molecule has 26 heavy (non-hydrogen) atoms. The van der Waals surface area contributed by atoms with Crippen molar-refractivity contribution in [3.05, 3.63) is 41.5 Å². The van der Waals surface area contributed by atoms with Gasteiger partial charge in [-0.2, -0.15) is 4.31 Å². The number of carbonyl (C=O) groups is 1. The number of nitrogens with zero attached hydrogens (tertiary/aromatic N) is 2. The van der Waals surface area contributed by atoms with Gasteiger partial charge in [-0.15, -0.1) is 0 Å². The van der Waals surface area contributed by atoms with Crippen molar-refractivity contribution in [3.8, 4) is 0 Å². The van der Waals surface area contributed by atoms with E-state index in [0.29, 0.717) is 41.0 Å². The molecule has 9 heteroatoms. The van der Waals surface area contributed by atoms with Crippen molar-refractivity contribution in [1.82, 2.24) is 9.29 Å². The molecule has 0 unspecified atom stereocenters. The molecule has 0 saturated carbocycles. The molecule has 0 N–H and O–H groups in total. The zero-order valence-electron chi connectivity index (χ0n) is 14.6. The highest BCUT2D eigenvalue weighted by atomic mass is 32.2. The zero-order chi connectivity index (χ0) is 18.7. The van der Waals surface area contributed by atoms with E-state index in [1.807, 2.05) is 0 Å². The molecule has 1 fully saturated rings. The number of methoxy groups -OCH3 is 1. The molecule has 3 rings (SSSR count). The molecule has 0 atom stereocenters. The number of carbonyl (C=O) groups excluding carboxylic acids is 1. The number of furan rings is 1. The van der Waals surface area contributed by atoms with E-state index in [4.69, 9.17) is 9.15 Å². The molecule has 1 aliphatic rings. The Hall–Kier alpha value is -1.84. The second-order valence-electron chi connectivity index (χ2n) is 5.91. The van der Waals surface area contributed by atoms with E-state index in [-0.39, 0.29) is 4.90 Å². The monoisotopic (exact) mass is 396 g/mol. The standard InChI is InChI=1S/C17H20N2O5S2/c1-12-15(17(20)23-2)9-13(24-12)11-25-16-6-5-14(10-18-16)26(21,22)19-7-3-4-8-19/h5-6,9-10H,3-4,7-8,11H2,1-2H3. The summed E-state index contributed by atoms with van der Waals surface area (Å²) >= 11 is 1.40. The minimum Gasteiger partial charge on any atom is -0.465 e. The van der Waals surface area contributed by atoms with E-state index in [0.717, 1.165) is 12.8 Å². The number of sulfonamides is 1. The third-order valence-electron chi connectivity index (χ3n) is 4.15. The molecule has 0 aromatic carbocycles. The summed E-state index contributed by atoms with van der Waals surface area (Å²) in [5, 5.41) is 0.680. The molecular weight excluding hydrogens is 376 g/mol. The molecule has 0 radical (unpaired) electrons. The fourth-order valence-corrected chi connectivity index (χ4v) is 4.94. The summed E-state index contributed by atoms with van der Waals surface area (Å²) in [5.74, 6) is 1.18. The van der Waals surface area contributed by atoms with Gasteiger partial charge < -0.3 is 9.15 Å². The van der Waals surface area contributed by atoms with Crippen molar-refractivity contribution in [2.75, 3.05) is 20.2 Å². The van der Waals surface area contributed by atoms with Crippen LogP contribution in [0.4, 0.5) is 0 Å². The highest BCUT2D eigenvalue weighted by molar-refractivity contribution is 7.98. The normalized spacial score (nSPS) is 15.3. The predicted octanol–water partition coefficient (Wildman–Crippen LogP) is 2.85. The van der Waals surface area contributed by atoms with Crippen LogP contribution in [0.25, 0.3) is 0 Å². The van der Waals surface area contributed by atoms with Crippen LogP contribution in [-0.4, -0.2) is 43.9 Å². The van der Waals surface area contributed by atoms with Crippen LogP contribution in [0.15, 0.2) is 38.7 Å². The molecule has 1 saturated heterocycles. The summed E-state index contributed by atoms with van der Waals surface area (Å²) in [5.41, 5.74) is 0.406. The molecule has 3 heterocycles. The van der Waals surface area contributed by atoms with Crippen LogP contribution in [0, 0.1) is 6.92 Å². The highest BCUT2D eigenvalue weighted by Crippen LogP contribution is 2.26. The Kier molecular flexibility index (Phi) is 5.69. The van der Waals surface area contributed by atoms with E-state index in [1.165, 1.54) is 29.4 Å². The van der Waals surface area contributed by atoms with Crippen molar-refractivity contribution in [2.45, 2.75) is 35.4 Å². The SMILES string of the molecule is COC(=O)c1cc(CSc2ccc(S(=O)(=O)N3CCCC3)cn2)oc1C. The number of hydrogen-bond acceptors (Lipinski definition) is 7. The molecule has 0 amide bonds. The molecule has 2 aromatic heterocycles. The molecule has 7 nitrogen and oxygen atoms in total. The van der Waals surface area contributed by atoms with Crippen molar-refractivity contribution in [1.29, 1.82) is 0 Å². The van der Waals surface area contributed by atoms with Crippen LogP contribution in [0.5, 0.6) is 0 Å². The number of rotatable bonds is 6. The first-order valence-electron chi connectivity index (χ1n) is 8.18. The number of esters is 1. The first-order valence-corrected chi connectivity index (χ1v) is 10.6. The van der Waals surface area contributed by atoms with E-state index in [1.54, 1.807) is 25.1 Å². The summed E-state index contributed by atoms with van der Waals surface area (Å²) in [6, 6.07) is 4.92. The van der Waals surface area contributed by atoms with Crippen LogP contribution < -0.4 is 0 Å². The maximum atomic E-state index is 12.5. The molecule has 0 aliphatic carbocycles. The fraction of sp³-hybridized carbons (Fsp3) is 0.412. The van der Waals surface area contributed by atoms with Crippen molar-refractivity contribution in [2.24, 2.45) is 0 Å². The summed E-state index contributed by atoms with van der Waals surface area (Å²) in [6.07, 6.45) is 3.19. The second-order valence-corrected chi connectivity index (χ2v) is 8.84. The average molecular weight is 396 g/mol. The number of aryl methyl sites for hydroxylation is 1. The van der Waals surface area contributed by atoms with Gasteiger partial charge in [0.25, 0.3) is 0 Å². The Labute approximate surface area is 156 Å². The maximum absolute atomic E-state index is 12.5. The molecule has 140 valence electrons. The van der Waals surface area contributed by atoms with Gasteiger partial charge in [0.1, 0.15) is 22.0 Å². The van der Waals surface area contributed by atoms with E-state index < -0.39 is 16.0 Å². The van der Waals surface area contributed by atoms with Crippen LogP contribution in [-0.2, 0) is 20.5 Å². The lowest BCUT2D eigenvalue weighted by Gasteiger charge is -2.15. The Balaban J connectivity index is 1.66. The molecular formula is C17H20N2O5S2. The Morgan fingerprint density at radius 1 is 1.35 bits per heavy atom. The fourth-order valence-electron chi connectivity index (χ4n) is 2.75. The lowest BCUT2D eigenvalue weighted by molar-refractivity contribution is 0.0599. The molecule has 0 spiro atoms. The van der Waals surface area contributed by atoms with Gasteiger partial charge in [0.2, 0.25) is 10.0 Å².